The maximum absolute atomic E-state index is 10.4. The molecule has 2 aromatic rings. The molecule has 1 unspecified atom stereocenters. The first kappa shape index (κ1) is 14.6. The number of benzene rings is 2. The number of halogens is 2. The molecule has 0 heterocycles. The predicted molar refractivity (Wildman–Crippen MR) is 83.7 cm³/mol. The minimum absolute atomic E-state index is 0.612. The molecule has 0 saturated carbocycles. The molecule has 19 heavy (non-hydrogen) atoms. The molecule has 100 valence electrons. The minimum Gasteiger partial charge on any atom is -0.384 e. The van der Waals surface area contributed by atoms with Gasteiger partial charge >= 0.3 is 0 Å². The third kappa shape index (κ3) is 3.59. The highest BCUT2D eigenvalue weighted by Gasteiger charge is 2.12. The van der Waals surface area contributed by atoms with Crippen LogP contribution in [0.2, 0.25) is 5.02 Å². The highest BCUT2D eigenvalue weighted by atomic mass is 79.9. The Morgan fingerprint density at radius 3 is 2.58 bits per heavy atom. The van der Waals surface area contributed by atoms with E-state index in [0.29, 0.717) is 5.02 Å². The van der Waals surface area contributed by atoms with Gasteiger partial charge in [-0.1, -0.05) is 55.3 Å². The van der Waals surface area contributed by atoms with Gasteiger partial charge in [0.15, 0.2) is 0 Å². The van der Waals surface area contributed by atoms with Gasteiger partial charge in [-0.15, -0.1) is 0 Å². The number of aliphatic hydroxyl groups excluding tert-OH is 1. The Kier molecular flexibility index (Phi) is 5.03. The molecule has 0 saturated heterocycles. The van der Waals surface area contributed by atoms with Crippen LogP contribution in [0.4, 0.5) is 0 Å². The van der Waals surface area contributed by atoms with Crippen molar-refractivity contribution in [3.05, 3.63) is 68.7 Å². The first-order chi connectivity index (χ1) is 9.11. The molecule has 0 amide bonds. The smallest absolute Gasteiger partial charge is 0.104 e. The van der Waals surface area contributed by atoms with Crippen molar-refractivity contribution in [3.63, 3.8) is 0 Å². The SMILES string of the molecule is CCCc1cccc(C(O)c2ccc(Br)c(Cl)c2)c1. The lowest BCUT2D eigenvalue weighted by atomic mass is 9.98. The third-order valence-electron chi connectivity index (χ3n) is 3.06. The van der Waals surface area contributed by atoms with Crippen molar-refractivity contribution in [2.45, 2.75) is 25.9 Å². The van der Waals surface area contributed by atoms with Gasteiger partial charge in [-0.05, 0) is 51.2 Å². The zero-order valence-electron chi connectivity index (χ0n) is 10.7. The van der Waals surface area contributed by atoms with Crippen molar-refractivity contribution in [3.8, 4) is 0 Å². The quantitative estimate of drug-likeness (QED) is 0.818. The van der Waals surface area contributed by atoms with Crippen LogP contribution < -0.4 is 0 Å². The van der Waals surface area contributed by atoms with Crippen molar-refractivity contribution in [1.82, 2.24) is 0 Å². The third-order valence-corrected chi connectivity index (χ3v) is 4.30. The highest BCUT2D eigenvalue weighted by Crippen LogP contribution is 2.29. The van der Waals surface area contributed by atoms with E-state index in [1.165, 1.54) is 5.56 Å². The van der Waals surface area contributed by atoms with E-state index in [2.05, 4.69) is 35.0 Å². The average molecular weight is 340 g/mol. The number of aryl methyl sites for hydroxylation is 1. The lowest BCUT2D eigenvalue weighted by molar-refractivity contribution is 0.220. The van der Waals surface area contributed by atoms with Gasteiger partial charge < -0.3 is 5.11 Å². The maximum Gasteiger partial charge on any atom is 0.104 e. The summed E-state index contributed by atoms with van der Waals surface area (Å²) in [6.07, 6.45) is 1.49. The first-order valence-corrected chi connectivity index (χ1v) is 7.50. The lowest BCUT2D eigenvalue weighted by Gasteiger charge is -2.13. The second-order valence-electron chi connectivity index (χ2n) is 4.57. The van der Waals surface area contributed by atoms with E-state index < -0.39 is 6.10 Å². The van der Waals surface area contributed by atoms with Crippen LogP contribution in [-0.2, 0) is 6.42 Å². The fourth-order valence-corrected chi connectivity index (χ4v) is 2.52. The molecule has 1 N–H and O–H groups in total. The summed E-state index contributed by atoms with van der Waals surface area (Å²) in [5.74, 6) is 0. The lowest BCUT2D eigenvalue weighted by Crippen LogP contribution is -2.00. The summed E-state index contributed by atoms with van der Waals surface area (Å²) in [4.78, 5) is 0. The summed E-state index contributed by atoms with van der Waals surface area (Å²) in [7, 11) is 0. The Morgan fingerprint density at radius 1 is 1.16 bits per heavy atom. The van der Waals surface area contributed by atoms with Crippen molar-refractivity contribution >= 4 is 27.5 Å². The molecule has 3 heteroatoms. The Hall–Kier alpha value is -0.830. The Labute approximate surface area is 127 Å². The summed E-state index contributed by atoms with van der Waals surface area (Å²) in [5.41, 5.74) is 2.97. The van der Waals surface area contributed by atoms with Crippen LogP contribution in [0.5, 0.6) is 0 Å². The van der Waals surface area contributed by atoms with E-state index in [1.54, 1.807) is 6.07 Å². The van der Waals surface area contributed by atoms with E-state index >= 15 is 0 Å². The summed E-state index contributed by atoms with van der Waals surface area (Å²) < 4.78 is 0.838. The highest BCUT2D eigenvalue weighted by molar-refractivity contribution is 9.10. The van der Waals surface area contributed by atoms with E-state index in [0.717, 1.165) is 28.4 Å². The topological polar surface area (TPSA) is 20.2 Å². The summed E-state index contributed by atoms with van der Waals surface area (Å²) in [5, 5.41) is 11.0. The van der Waals surface area contributed by atoms with Gasteiger partial charge in [0.2, 0.25) is 0 Å². The fraction of sp³-hybridized carbons (Fsp3) is 0.250. The van der Waals surface area contributed by atoms with Crippen LogP contribution in [0.1, 0.15) is 36.1 Å². The van der Waals surface area contributed by atoms with Crippen LogP contribution >= 0.6 is 27.5 Å². The largest absolute Gasteiger partial charge is 0.384 e. The van der Waals surface area contributed by atoms with Crippen molar-refractivity contribution in [2.75, 3.05) is 0 Å². The molecule has 1 nitrogen and oxygen atoms in total. The van der Waals surface area contributed by atoms with Gasteiger partial charge in [0.1, 0.15) is 6.10 Å². The van der Waals surface area contributed by atoms with Crippen molar-refractivity contribution < 1.29 is 5.11 Å². The zero-order valence-corrected chi connectivity index (χ0v) is 13.1. The number of hydrogen-bond acceptors (Lipinski definition) is 1. The van der Waals surface area contributed by atoms with Crippen LogP contribution in [0.25, 0.3) is 0 Å². The fourth-order valence-electron chi connectivity index (χ4n) is 2.08. The maximum atomic E-state index is 10.4. The van der Waals surface area contributed by atoms with Crippen molar-refractivity contribution in [1.29, 1.82) is 0 Å². The van der Waals surface area contributed by atoms with Gasteiger partial charge in [0.05, 0.1) is 5.02 Å². The molecular weight excluding hydrogens is 324 g/mol. The standard InChI is InChI=1S/C16H16BrClO/c1-2-4-11-5-3-6-12(9-11)16(19)13-7-8-14(17)15(18)10-13/h3,5-10,16,19H,2,4H2,1H3. The summed E-state index contributed by atoms with van der Waals surface area (Å²) in [6, 6.07) is 13.6. The van der Waals surface area contributed by atoms with Crippen LogP contribution in [-0.4, -0.2) is 5.11 Å². The Bertz CT molecular complexity index is 568. The zero-order chi connectivity index (χ0) is 13.8. The van der Waals surface area contributed by atoms with E-state index in [1.807, 2.05) is 24.3 Å². The molecule has 0 bridgehead atoms. The molecule has 0 radical (unpaired) electrons. The molecule has 0 spiro atoms. The monoisotopic (exact) mass is 338 g/mol. The number of hydrogen-bond donors (Lipinski definition) is 1. The van der Waals surface area contributed by atoms with Gasteiger partial charge in [-0.3, -0.25) is 0 Å². The first-order valence-electron chi connectivity index (χ1n) is 6.33. The number of aliphatic hydroxyl groups is 1. The van der Waals surface area contributed by atoms with Crippen LogP contribution in [0.3, 0.4) is 0 Å². The summed E-state index contributed by atoms with van der Waals surface area (Å²) >= 11 is 9.42. The molecule has 0 aliphatic heterocycles. The molecule has 0 fully saturated rings. The molecule has 2 aromatic carbocycles. The van der Waals surface area contributed by atoms with Gasteiger partial charge in [0, 0.05) is 4.47 Å². The second-order valence-corrected chi connectivity index (χ2v) is 5.83. The summed E-state index contributed by atoms with van der Waals surface area (Å²) in [6.45, 7) is 2.15. The normalized spacial score (nSPS) is 12.4. The molecule has 2 rings (SSSR count). The van der Waals surface area contributed by atoms with Crippen LogP contribution in [0, 0.1) is 0 Å². The Morgan fingerprint density at radius 2 is 1.89 bits per heavy atom. The Balaban J connectivity index is 2.29. The van der Waals surface area contributed by atoms with E-state index in [-0.39, 0.29) is 0 Å². The van der Waals surface area contributed by atoms with Gasteiger partial charge in [-0.2, -0.15) is 0 Å². The average Bonchev–Trinajstić information content (AvgIpc) is 2.42. The minimum atomic E-state index is -0.637. The molecule has 0 aromatic heterocycles. The number of rotatable bonds is 4. The molecule has 0 aliphatic rings. The second kappa shape index (κ2) is 6.56. The van der Waals surface area contributed by atoms with Gasteiger partial charge in [-0.25, -0.2) is 0 Å². The van der Waals surface area contributed by atoms with Gasteiger partial charge in [0.25, 0.3) is 0 Å². The molecule has 0 aliphatic carbocycles. The molecular formula is C16H16BrClO. The predicted octanol–water partition coefficient (Wildman–Crippen LogP) is 5.14. The van der Waals surface area contributed by atoms with E-state index in [4.69, 9.17) is 11.6 Å². The van der Waals surface area contributed by atoms with Crippen molar-refractivity contribution in [2.24, 2.45) is 0 Å². The van der Waals surface area contributed by atoms with E-state index in [9.17, 15) is 5.11 Å². The molecule has 1 atom stereocenters. The van der Waals surface area contributed by atoms with Crippen LogP contribution in [0.15, 0.2) is 46.9 Å².